The molecule has 8 aromatic carbocycles. The first kappa shape index (κ1) is 31.8. The van der Waals surface area contributed by atoms with Gasteiger partial charge in [0.1, 0.15) is 0 Å². The van der Waals surface area contributed by atoms with Gasteiger partial charge in [-0.2, -0.15) is 0 Å². The second-order valence-electron chi connectivity index (χ2n) is 13.2. The van der Waals surface area contributed by atoms with E-state index in [2.05, 4.69) is 219 Å². The van der Waals surface area contributed by atoms with Gasteiger partial charge in [0.15, 0.2) is 0 Å². The fraction of sp³-hybridized carbons (Fsp3) is 0.0400. The van der Waals surface area contributed by atoms with Crippen LogP contribution in [0.4, 0.5) is 17.1 Å². The van der Waals surface area contributed by atoms with Crippen LogP contribution < -0.4 is 4.90 Å². The van der Waals surface area contributed by atoms with Gasteiger partial charge in [0.25, 0.3) is 0 Å². The van der Waals surface area contributed by atoms with Crippen LogP contribution >= 0.6 is 0 Å². The Morgan fingerprint density at radius 3 is 0.824 bits per heavy atom. The normalized spacial score (nSPS) is 10.9. The SMILES string of the molecule is Cc1ccc(-c2ccccc2-c2ccc(N(c3ccc(-c4ccccc4)cc3)c3ccc(-c4ccccc4-c4ccc(C)cc4)cc3)cc2)cc1. The first-order valence-corrected chi connectivity index (χ1v) is 17.6. The Morgan fingerprint density at radius 1 is 0.235 bits per heavy atom. The maximum absolute atomic E-state index is 2.35. The number of anilines is 3. The quantitative estimate of drug-likeness (QED) is 0.158. The Kier molecular flexibility index (Phi) is 8.85. The summed E-state index contributed by atoms with van der Waals surface area (Å²) < 4.78 is 0. The molecule has 0 aromatic heterocycles. The number of benzene rings is 8. The van der Waals surface area contributed by atoms with Gasteiger partial charge >= 0.3 is 0 Å². The minimum absolute atomic E-state index is 1.10. The Bertz CT molecular complexity index is 2240. The molecule has 0 atom stereocenters. The third-order valence-corrected chi connectivity index (χ3v) is 9.68. The molecule has 0 aliphatic heterocycles. The molecule has 1 heteroatoms. The van der Waals surface area contributed by atoms with Crippen molar-refractivity contribution in [2.45, 2.75) is 13.8 Å². The molecule has 0 unspecified atom stereocenters. The molecule has 0 bridgehead atoms. The van der Waals surface area contributed by atoms with Crippen molar-refractivity contribution in [2.24, 2.45) is 0 Å². The van der Waals surface area contributed by atoms with Crippen molar-refractivity contribution in [3.05, 3.63) is 211 Å². The molecule has 0 amide bonds. The maximum atomic E-state index is 2.35. The lowest BCUT2D eigenvalue weighted by Gasteiger charge is -2.26. The van der Waals surface area contributed by atoms with Crippen molar-refractivity contribution in [3.8, 4) is 55.6 Å². The molecule has 244 valence electrons. The van der Waals surface area contributed by atoms with Crippen molar-refractivity contribution in [2.75, 3.05) is 4.90 Å². The zero-order valence-corrected chi connectivity index (χ0v) is 29.0. The highest BCUT2D eigenvalue weighted by molar-refractivity contribution is 5.87. The predicted octanol–water partition coefficient (Wildman–Crippen LogP) is 14.1. The van der Waals surface area contributed by atoms with Gasteiger partial charge in [0.2, 0.25) is 0 Å². The first-order chi connectivity index (χ1) is 25.1. The summed E-state index contributed by atoms with van der Waals surface area (Å²) in [6, 6.07) is 72.4. The second-order valence-corrected chi connectivity index (χ2v) is 13.2. The van der Waals surface area contributed by atoms with Crippen LogP contribution in [0.3, 0.4) is 0 Å². The van der Waals surface area contributed by atoms with Gasteiger partial charge in [-0.05, 0) is 106 Å². The van der Waals surface area contributed by atoms with Gasteiger partial charge in [0.05, 0.1) is 0 Å². The highest BCUT2D eigenvalue weighted by atomic mass is 15.1. The van der Waals surface area contributed by atoms with E-state index in [0.29, 0.717) is 0 Å². The van der Waals surface area contributed by atoms with E-state index in [9.17, 15) is 0 Å². The van der Waals surface area contributed by atoms with Crippen LogP contribution in [0.2, 0.25) is 0 Å². The van der Waals surface area contributed by atoms with E-state index in [1.807, 2.05) is 0 Å². The topological polar surface area (TPSA) is 3.24 Å². The van der Waals surface area contributed by atoms with Crippen molar-refractivity contribution < 1.29 is 0 Å². The smallest absolute Gasteiger partial charge is 0.0462 e. The first-order valence-electron chi connectivity index (χ1n) is 17.6. The molecule has 0 saturated heterocycles. The number of hydrogen-bond donors (Lipinski definition) is 0. The monoisotopic (exact) mass is 653 g/mol. The van der Waals surface area contributed by atoms with Crippen LogP contribution in [-0.2, 0) is 0 Å². The van der Waals surface area contributed by atoms with Gasteiger partial charge in [0, 0.05) is 17.1 Å². The summed E-state index contributed by atoms with van der Waals surface area (Å²) in [7, 11) is 0. The van der Waals surface area contributed by atoms with E-state index < -0.39 is 0 Å². The maximum Gasteiger partial charge on any atom is 0.0462 e. The number of aryl methyl sites for hydroxylation is 2. The van der Waals surface area contributed by atoms with Gasteiger partial charge in [-0.25, -0.2) is 0 Å². The van der Waals surface area contributed by atoms with Crippen molar-refractivity contribution >= 4 is 17.1 Å². The molecule has 8 rings (SSSR count). The second kappa shape index (κ2) is 14.2. The third-order valence-electron chi connectivity index (χ3n) is 9.68. The van der Waals surface area contributed by atoms with Crippen LogP contribution in [0.25, 0.3) is 55.6 Å². The summed E-state index contributed by atoms with van der Waals surface area (Å²) in [5.41, 5.74) is 18.0. The molecular weight excluding hydrogens is 615 g/mol. The highest BCUT2D eigenvalue weighted by Gasteiger charge is 2.15. The number of rotatable bonds is 8. The molecule has 0 heterocycles. The fourth-order valence-electron chi connectivity index (χ4n) is 6.90. The summed E-state index contributed by atoms with van der Waals surface area (Å²) in [5.74, 6) is 0. The summed E-state index contributed by atoms with van der Waals surface area (Å²) in [4.78, 5) is 2.35. The van der Waals surface area contributed by atoms with Gasteiger partial charge in [-0.15, -0.1) is 0 Å². The van der Waals surface area contributed by atoms with Crippen LogP contribution in [0.15, 0.2) is 200 Å². The number of hydrogen-bond acceptors (Lipinski definition) is 1. The summed E-state index contributed by atoms with van der Waals surface area (Å²) in [6.45, 7) is 4.26. The molecule has 0 aliphatic carbocycles. The lowest BCUT2D eigenvalue weighted by atomic mass is 9.93. The average molecular weight is 654 g/mol. The third kappa shape index (κ3) is 6.75. The van der Waals surface area contributed by atoms with E-state index in [0.717, 1.165) is 17.1 Å². The minimum atomic E-state index is 1.10. The van der Waals surface area contributed by atoms with E-state index >= 15 is 0 Å². The molecule has 0 N–H and O–H groups in total. The lowest BCUT2D eigenvalue weighted by Crippen LogP contribution is -2.09. The van der Waals surface area contributed by atoms with Crippen LogP contribution in [0.5, 0.6) is 0 Å². The van der Waals surface area contributed by atoms with E-state index in [1.54, 1.807) is 0 Å². The summed E-state index contributed by atoms with van der Waals surface area (Å²) in [5, 5.41) is 0. The summed E-state index contributed by atoms with van der Waals surface area (Å²) in [6.07, 6.45) is 0. The molecule has 51 heavy (non-hydrogen) atoms. The molecule has 0 fully saturated rings. The van der Waals surface area contributed by atoms with Gasteiger partial charge < -0.3 is 4.90 Å². The largest absolute Gasteiger partial charge is 0.311 e. The zero-order chi connectivity index (χ0) is 34.6. The fourth-order valence-corrected chi connectivity index (χ4v) is 6.90. The number of nitrogens with zero attached hydrogens (tertiary/aromatic N) is 1. The molecule has 1 nitrogen and oxygen atoms in total. The molecule has 0 saturated carbocycles. The average Bonchev–Trinajstić information content (AvgIpc) is 3.20. The molecule has 0 aliphatic rings. The Morgan fingerprint density at radius 2 is 0.490 bits per heavy atom. The van der Waals surface area contributed by atoms with Crippen LogP contribution in [-0.4, -0.2) is 0 Å². The molecule has 8 aromatic rings. The van der Waals surface area contributed by atoms with Crippen LogP contribution in [0, 0.1) is 13.8 Å². The van der Waals surface area contributed by atoms with Crippen LogP contribution in [0.1, 0.15) is 11.1 Å². The van der Waals surface area contributed by atoms with Gasteiger partial charge in [-0.3, -0.25) is 0 Å². The molecule has 0 spiro atoms. The minimum Gasteiger partial charge on any atom is -0.311 e. The highest BCUT2D eigenvalue weighted by Crippen LogP contribution is 2.40. The summed E-state index contributed by atoms with van der Waals surface area (Å²) >= 11 is 0. The Balaban J connectivity index is 1.17. The zero-order valence-electron chi connectivity index (χ0n) is 29.0. The van der Waals surface area contributed by atoms with Crippen molar-refractivity contribution in [3.63, 3.8) is 0 Å². The van der Waals surface area contributed by atoms with Gasteiger partial charge in [-0.1, -0.05) is 175 Å². The van der Waals surface area contributed by atoms with E-state index in [1.165, 1.54) is 66.8 Å². The molecular formula is C50H39N. The van der Waals surface area contributed by atoms with E-state index in [-0.39, 0.29) is 0 Å². The Labute approximate surface area is 301 Å². The molecule has 0 radical (unpaired) electrons. The lowest BCUT2D eigenvalue weighted by molar-refractivity contribution is 1.28. The van der Waals surface area contributed by atoms with Crippen molar-refractivity contribution in [1.29, 1.82) is 0 Å². The predicted molar refractivity (Wildman–Crippen MR) is 218 cm³/mol. The standard InChI is InChI=1S/C50H39N/c1-36-16-20-40(21-17-36)47-12-6-8-14-49(47)42-26-32-45(33-27-42)51(44-30-24-39(25-31-44)38-10-4-3-5-11-38)46-34-28-43(29-35-46)50-15-9-7-13-48(50)41-22-18-37(2)19-23-41/h3-35H,1-2H3. The van der Waals surface area contributed by atoms with Crippen molar-refractivity contribution in [1.82, 2.24) is 0 Å². The van der Waals surface area contributed by atoms with E-state index in [4.69, 9.17) is 0 Å². The Hall–Kier alpha value is -6.44.